The summed E-state index contributed by atoms with van der Waals surface area (Å²) in [7, 11) is 4.65. The Balaban J connectivity index is 1.67. The molecule has 0 fully saturated rings. The highest BCUT2D eigenvalue weighted by Crippen LogP contribution is 2.32. The van der Waals surface area contributed by atoms with E-state index in [1.165, 1.54) is 19.2 Å². The van der Waals surface area contributed by atoms with Crippen molar-refractivity contribution in [1.82, 2.24) is 9.78 Å². The molecular formula is C20H19ClFN3O4. The number of ether oxygens (including phenoxy) is 3. The normalized spacial score (nSPS) is 10.5. The molecule has 0 bridgehead atoms. The molecule has 0 saturated heterocycles. The minimum Gasteiger partial charge on any atom is -0.496 e. The number of aryl methyl sites for hydroxylation is 1. The van der Waals surface area contributed by atoms with Crippen LogP contribution in [0.2, 0.25) is 5.02 Å². The quantitative estimate of drug-likeness (QED) is 0.629. The van der Waals surface area contributed by atoms with Crippen molar-refractivity contribution in [2.75, 3.05) is 19.5 Å². The van der Waals surface area contributed by atoms with E-state index in [4.69, 9.17) is 25.8 Å². The fourth-order valence-corrected chi connectivity index (χ4v) is 2.85. The van der Waals surface area contributed by atoms with Gasteiger partial charge in [0.25, 0.3) is 0 Å². The second kappa shape index (κ2) is 8.83. The van der Waals surface area contributed by atoms with Crippen LogP contribution in [-0.2, 0) is 18.4 Å². The molecule has 9 heteroatoms. The van der Waals surface area contributed by atoms with Crippen molar-refractivity contribution < 1.29 is 23.4 Å². The molecule has 0 aliphatic heterocycles. The number of rotatable bonds is 6. The molecule has 3 aromatic rings. The Hall–Kier alpha value is -3.26. The summed E-state index contributed by atoms with van der Waals surface area (Å²) in [4.78, 5) is 12.0. The summed E-state index contributed by atoms with van der Waals surface area (Å²) in [5.74, 6) is 0.0878. The van der Waals surface area contributed by atoms with Crippen LogP contribution in [0, 0.1) is 5.82 Å². The molecule has 152 valence electrons. The second-order valence-electron chi connectivity index (χ2n) is 6.04. The Morgan fingerprint density at radius 2 is 1.90 bits per heavy atom. The van der Waals surface area contributed by atoms with Crippen molar-refractivity contribution in [3.05, 3.63) is 59.0 Å². The lowest BCUT2D eigenvalue weighted by molar-refractivity contribution is 0.152. The zero-order valence-corrected chi connectivity index (χ0v) is 16.8. The topological polar surface area (TPSA) is 74.6 Å². The van der Waals surface area contributed by atoms with Gasteiger partial charge in [0.15, 0.2) is 11.6 Å². The Morgan fingerprint density at radius 3 is 2.59 bits per heavy atom. The maximum absolute atomic E-state index is 13.7. The second-order valence-corrected chi connectivity index (χ2v) is 6.48. The zero-order valence-electron chi connectivity index (χ0n) is 16.0. The van der Waals surface area contributed by atoms with Crippen LogP contribution in [0.5, 0.6) is 11.5 Å². The average Bonchev–Trinajstić information content (AvgIpc) is 3.06. The van der Waals surface area contributed by atoms with Gasteiger partial charge in [-0.2, -0.15) is 5.10 Å². The molecule has 0 aliphatic rings. The molecule has 0 aliphatic carbocycles. The van der Waals surface area contributed by atoms with Gasteiger partial charge >= 0.3 is 6.09 Å². The van der Waals surface area contributed by atoms with Crippen molar-refractivity contribution in [2.45, 2.75) is 6.61 Å². The van der Waals surface area contributed by atoms with E-state index < -0.39 is 11.9 Å². The van der Waals surface area contributed by atoms with Gasteiger partial charge in [-0.25, -0.2) is 9.18 Å². The van der Waals surface area contributed by atoms with Crippen LogP contribution in [0.25, 0.3) is 11.3 Å². The van der Waals surface area contributed by atoms with Crippen molar-refractivity contribution in [2.24, 2.45) is 7.05 Å². The molecule has 0 unspecified atom stereocenters. The third-order valence-electron chi connectivity index (χ3n) is 4.17. The molecule has 3 rings (SSSR count). The van der Waals surface area contributed by atoms with E-state index in [1.54, 1.807) is 43.1 Å². The number of carbonyl (C=O) groups is 1. The third kappa shape index (κ3) is 4.78. The van der Waals surface area contributed by atoms with Gasteiger partial charge in [-0.1, -0.05) is 11.6 Å². The van der Waals surface area contributed by atoms with Crippen LogP contribution in [0.1, 0.15) is 5.69 Å². The highest BCUT2D eigenvalue weighted by molar-refractivity contribution is 6.30. The highest BCUT2D eigenvalue weighted by Gasteiger charge is 2.14. The first kappa shape index (κ1) is 20.5. The predicted octanol–water partition coefficient (Wildman–Crippen LogP) is 4.65. The predicted molar refractivity (Wildman–Crippen MR) is 107 cm³/mol. The number of nitrogens with zero attached hydrogens (tertiary/aromatic N) is 2. The fraction of sp³-hybridized carbons (Fsp3) is 0.200. The van der Waals surface area contributed by atoms with E-state index in [9.17, 15) is 9.18 Å². The number of hydrogen-bond donors (Lipinski definition) is 1. The van der Waals surface area contributed by atoms with Gasteiger partial charge < -0.3 is 14.2 Å². The SMILES string of the molecule is COc1ccc(NC(=O)OCc2cc(-c3ccc(Cl)cc3OC)nn2C)cc1F. The van der Waals surface area contributed by atoms with Gasteiger partial charge in [0, 0.05) is 29.4 Å². The molecule has 29 heavy (non-hydrogen) atoms. The largest absolute Gasteiger partial charge is 0.496 e. The summed E-state index contributed by atoms with van der Waals surface area (Å²) in [6.45, 7) is -0.0239. The van der Waals surface area contributed by atoms with E-state index in [0.717, 1.165) is 11.6 Å². The minimum atomic E-state index is -0.721. The van der Waals surface area contributed by atoms with E-state index in [2.05, 4.69) is 10.4 Å². The molecule has 0 saturated carbocycles. The zero-order chi connectivity index (χ0) is 21.0. The van der Waals surface area contributed by atoms with E-state index >= 15 is 0 Å². The van der Waals surface area contributed by atoms with Gasteiger partial charge in [-0.15, -0.1) is 0 Å². The summed E-state index contributed by atoms with van der Waals surface area (Å²) in [6.07, 6.45) is -0.721. The van der Waals surface area contributed by atoms with E-state index in [-0.39, 0.29) is 18.0 Å². The Bertz CT molecular complexity index is 1040. The van der Waals surface area contributed by atoms with Crippen LogP contribution in [0.15, 0.2) is 42.5 Å². The highest BCUT2D eigenvalue weighted by atomic mass is 35.5. The van der Waals surface area contributed by atoms with Crippen molar-refractivity contribution in [1.29, 1.82) is 0 Å². The molecule has 0 atom stereocenters. The van der Waals surface area contributed by atoms with Crippen LogP contribution >= 0.6 is 11.6 Å². The number of hydrogen-bond acceptors (Lipinski definition) is 5. The number of aromatic nitrogens is 2. The molecule has 2 aromatic carbocycles. The average molecular weight is 420 g/mol. The Labute approximate surface area is 171 Å². The lowest BCUT2D eigenvalue weighted by Gasteiger charge is -2.08. The molecule has 1 amide bonds. The Morgan fingerprint density at radius 1 is 1.14 bits per heavy atom. The van der Waals surface area contributed by atoms with Crippen molar-refractivity contribution in [3.8, 4) is 22.8 Å². The van der Waals surface area contributed by atoms with Crippen molar-refractivity contribution in [3.63, 3.8) is 0 Å². The first-order valence-electron chi connectivity index (χ1n) is 8.55. The Kier molecular flexibility index (Phi) is 6.23. The number of benzene rings is 2. The van der Waals surface area contributed by atoms with Gasteiger partial charge in [-0.3, -0.25) is 10.00 Å². The monoisotopic (exact) mass is 419 g/mol. The van der Waals surface area contributed by atoms with E-state index in [1.807, 2.05) is 0 Å². The minimum absolute atomic E-state index is 0.0239. The van der Waals surface area contributed by atoms with Gasteiger partial charge in [0.2, 0.25) is 0 Å². The van der Waals surface area contributed by atoms with E-state index in [0.29, 0.717) is 22.2 Å². The molecule has 1 N–H and O–H groups in total. The fourth-order valence-electron chi connectivity index (χ4n) is 2.69. The number of carbonyl (C=O) groups excluding carboxylic acids is 1. The number of amides is 1. The number of nitrogens with one attached hydrogen (secondary N) is 1. The van der Waals surface area contributed by atoms with Gasteiger partial charge in [0.05, 0.1) is 25.6 Å². The molecular weight excluding hydrogens is 401 g/mol. The lowest BCUT2D eigenvalue weighted by atomic mass is 10.1. The van der Waals surface area contributed by atoms with Crippen LogP contribution in [0.3, 0.4) is 0 Å². The molecule has 0 spiro atoms. The van der Waals surface area contributed by atoms with Crippen LogP contribution in [0.4, 0.5) is 14.9 Å². The van der Waals surface area contributed by atoms with Crippen LogP contribution < -0.4 is 14.8 Å². The first-order valence-corrected chi connectivity index (χ1v) is 8.93. The molecule has 1 heterocycles. The molecule has 7 nitrogen and oxygen atoms in total. The molecule has 0 radical (unpaired) electrons. The first-order chi connectivity index (χ1) is 13.9. The standard InChI is InChI=1S/C20H19ClFN3O4/c1-25-14(10-17(24-25)15-6-4-12(21)8-19(15)28-3)11-29-20(26)23-13-5-7-18(27-2)16(22)9-13/h4-10H,11H2,1-3H3,(H,23,26). The third-order valence-corrected chi connectivity index (χ3v) is 4.40. The molecule has 1 aromatic heterocycles. The van der Waals surface area contributed by atoms with Gasteiger partial charge in [-0.05, 0) is 36.4 Å². The number of anilines is 1. The summed E-state index contributed by atoms with van der Waals surface area (Å²) in [5.41, 5.74) is 2.33. The van der Waals surface area contributed by atoms with Gasteiger partial charge in [0.1, 0.15) is 12.4 Å². The number of halogens is 2. The lowest BCUT2D eigenvalue weighted by Crippen LogP contribution is -2.14. The summed E-state index contributed by atoms with van der Waals surface area (Å²) >= 11 is 6.00. The van der Waals surface area contributed by atoms with Crippen molar-refractivity contribution >= 4 is 23.4 Å². The maximum atomic E-state index is 13.7. The summed E-state index contributed by atoms with van der Waals surface area (Å²) in [6, 6.07) is 11.1. The number of methoxy groups -OCH3 is 2. The smallest absolute Gasteiger partial charge is 0.412 e. The summed E-state index contributed by atoms with van der Waals surface area (Å²) < 4.78 is 30.7. The maximum Gasteiger partial charge on any atom is 0.412 e. The van der Waals surface area contributed by atoms with Crippen LogP contribution in [-0.4, -0.2) is 30.1 Å². The summed E-state index contributed by atoms with van der Waals surface area (Å²) in [5, 5.41) is 7.45.